The number of phosphoric acid groups is 1. The molecule has 0 heterocycles. The first-order valence-electron chi connectivity index (χ1n) is 15.5. The highest BCUT2D eigenvalue weighted by Gasteiger charge is 2.12. The van der Waals surface area contributed by atoms with E-state index in [4.69, 9.17) is 19.6 Å². The van der Waals surface area contributed by atoms with Gasteiger partial charge in [-0.1, -0.05) is 154 Å². The van der Waals surface area contributed by atoms with Crippen molar-refractivity contribution in [2.45, 2.75) is 167 Å². The lowest BCUT2D eigenvalue weighted by Gasteiger charge is -2.05. The topological polar surface area (TPSA) is 124 Å². The van der Waals surface area contributed by atoms with Crippen LogP contribution in [0.2, 0.25) is 0 Å². The van der Waals surface area contributed by atoms with Crippen LogP contribution in [0.5, 0.6) is 0 Å². The van der Waals surface area contributed by atoms with Crippen molar-refractivity contribution in [3.8, 4) is 0 Å². The lowest BCUT2D eigenvalue weighted by Crippen LogP contribution is -1.92. The average Bonchev–Trinajstić information content (AvgIpc) is 2.81. The Balaban J connectivity index is 3.08. The first-order chi connectivity index (χ1) is 17.7. The van der Waals surface area contributed by atoms with Crippen LogP contribution in [0.4, 0.5) is 0 Å². The van der Waals surface area contributed by atoms with Crippen molar-refractivity contribution in [2.24, 2.45) is 0 Å². The zero-order valence-electron chi connectivity index (χ0n) is 23.7. The summed E-state index contributed by atoms with van der Waals surface area (Å²) in [5.74, 6) is 0. The molecule has 0 aromatic rings. The summed E-state index contributed by atoms with van der Waals surface area (Å²) in [5, 5.41) is 0. The van der Waals surface area contributed by atoms with Gasteiger partial charge >= 0.3 is 15.4 Å². The van der Waals surface area contributed by atoms with Gasteiger partial charge in [-0.05, 0) is 12.8 Å². The van der Waals surface area contributed by atoms with Crippen LogP contribution >= 0.6 is 15.4 Å². The standard InChI is InChI=1S/C28H60O7P2/c29-36(30,31)28-26-24-22-20-18-16-14-12-10-8-6-4-2-1-3-5-7-9-11-13-15-17-19-21-23-25-27-35-37(32,33)34/h1-28H2,(H2,29,30,31)(H2,32,33,34). The molecule has 0 aromatic carbocycles. The van der Waals surface area contributed by atoms with E-state index in [2.05, 4.69) is 4.52 Å². The maximum atomic E-state index is 10.8. The van der Waals surface area contributed by atoms with Gasteiger partial charge in [-0.3, -0.25) is 9.09 Å². The smallest absolute Gasteiger partial charge is 0.324 e. The molecule has 224 valence electrons. The van der Waals surface area contributed by atoms with Crippen molar-refractivity contribution in [3.63, 3.8) is 0 Å². The van der Waals surface area contributed by atoms with Crippen LogP contribution in [0.1, 0.15) is 167 Å². The second-order valence-corrected chi connectivity index (χ2v) is 13.9. The van der Waals surface area contributed by atoms with E-state index in [-0.39, 0.29) is 12.8 Å². The van der Waals surface area contributed by atoms with Crippen LogP contribution < -0.4 is 0 Å². The molecule has 0 aliphatic heterocycles. The van der Waals surface area contributed by atoms with E-state index in [1.807, 2.05) is 0 Å². The summed E-state index contributed by atoms with van der Waals surface area (Å²) in [4.78, 5) is 34.9. The Kier molecular flexibility index (Phi) is 26.7. The van der Waals surface area contributed by atoms with Gasteiger partial charge in [0.05, 0.1) is 6.61 Å². The van der Waals surface area contributed by atoms with Crippen molar-refractivity contribution >= 4 is 15.4 Å². The van der Waals surface area contributed by atoms with Crippen molar-refractivity contribution in [1.29, 1.82) is 0 Å². The molecule has 0 bridgehead atoms. The second kappa shape index (κ2) is 26.5. The Hall–Kier alpha value is 0.260. The van der Waals surface area contributed by atoms with Gasteiger partial charge in [-0.25, -0.2) is 4.57 Å². The highest BCUT2D eigenvalue weighted by Crippen LogP contribution is 2.36. The predicted molar refractivity (Wildman–Crippen MR) is 155 cm³/mol. The van der Waals surface area contributed by atoms with Crippen molar-refractivity contribution in [2.75, 3.05) is 12.8 Å². The molecule has 9 heteroatoms. The maximum absolute atomic E-state index is 10.8. The third-order valence-electron chi connectivity index (χ3n) is 7.10. The zero-order chi connectivity index (χ0) is 27.5. The number of rotatable bonds is 30. The highest BCUT2D eigenvalue weighted by molar-refractivity contribution is 7.51. The van der Waals surface area contributed by atoms with Crippen molar-refractivity contribution in [1.82, 2.24) is 0 Å². The Morgan fingerprint density at radius 3 is 0.784 bits per heavy atom. The first-order valence-corrected chi connectivity index (χ1v) is 18.8. The number of phosphoric ester groups is 1. The van der Waals surface area contributed by atoms with E-state index in [0.29, 0.717) is 6.42 Å². The van der Waals surface area contributed by atoms with Crippen LogP contribution in [0.25, 0.3) is 0 Å². The summed E-state index contributed by atoms with van der Waals surface area (Å²) >= 11 is 0. The quantitative estimate of drug-likeness (QED) is 0.0501. The average molecular weight is 571 g/mol. The summed E-state index contributed by atoms with van der Waals surface area (Å²) in [7, 11) is -8.07. The number of hydrogen-bond donors (Lipinski definition) is 4. The lowest BCUT2D eigenvalue weighted by molar-refractivity contribution is 0.193. The molecule has 0 aliphatic rings. The SMILES string of the molecule is O=P(O)(O)CCCCCCCCCCCCCCCCCCCCCCCCCCCCOP(=O)(O)O. The Morgan fingerprint density at radius 1 is 0.351 bits per heavy atom. The normalized spacial score (nSPS) is 12.4. The van der Waals surface area contributed by atoms with Gasteiger partial charge in [0, 0.05) is 6.16 Å². The molecule has 0 saturated carbocycles. The molecule has 0 fully saturated rings. The molecule has 0 unspecified atom stereocenters. The van der Waals surface area contributed by atoms with Gasteiger partial charge in [0.25, 0.3) is 0 Å². The fourth-order valence-corrected chi connectivity index (χ4v) is 5.85. The van der Waals surface area contributed by atoms with E-state index in [9.17, 15) is 9.13 Å². The van der Waals surface area contributed by atoms with Crippen molar-refractivity contribution in [3.05, 3.63) is 0 Å². The summed E-state index contributed by atoms with van der Waals surface area (Å²) in [6, 6.07) is 0. The third-order valence-corrected chi connectivity index (χ3v) is 8.52. The zero-order valence-corrected chi connectivity index (χ0v) is 25.5. The van der Waals surface area contributed by atoms with Gasteiger partial charge in [-0.15, -0.1) is 0 Å². The summed E-state index contributed by atoms with van der Waals surface area (Å²) < 4.78 is 25.8. The fraction of sp³-hybridized carbons (Fsp3) is 1.00. The molecule has 0 atom stereocenters. The minimum atomic E-state index is -4.28. The van der Waals surface area contributed by atoms with Crippen LogP contribution in [0.3, 0.4) is 0 Å². The van der Waals surface area contributed by atoms with Gasteiger partial charge < -0.3 is 19.6 Å². The van der Waals surface area contributed by atoms with E-state index in [0.717, 1.165) is 32.1 Å². The maximum Gasteiger partial charge on any atom is 0.469 e. The van der Waals surface area contributed by atoms with Crippen LogP contribution in [0, 0.1) is 0 Å². The molecule has 0 saturated heterocycles. The Bertz CT molecular complexity index is 515. The molecular formula is C28H60O7P2. The molecule has 0 amide bonds. The molecule has 4 N–H and O–H groups in total. The monoisotopic (exact) mass is 570 g/mol. The van der Waals surface area contributed by atoms with Gasteiger partial charge in [0.2, 0.25) is 0 Å². The minimum Gasteiger partial charge on any atom is -0.324 e. The predicted octanol–water partition coefficient (Wildman–Crippen LogP) is 9.42. The Morgan fingerprint density at radius 2 is 0.568 bits per heavy atom. The van der Waals surface area contributed by atoms with Gasteiger partial charge in [0.15, 0.2) is 0 Å². The highest BCUT2D eigenvalue weighted by atomic mass is 31.2. The molecule has 0 rings (SSSR count). The van der Waals surface area contributed by atoms with E-state index in [1.54, 1.807) is 0 Å². The number of hydrogen-bond acceptors (Lipinski definition) is 3. The largest absolute Gasteiger partial charge is 0.469 e. The van der Waals surface area contributed by atoms with Crippen LogP contribution in [-0.2, 0) is 13.7 Å². The van der Waals surface area contributed by atoms with Gasteiger partial charge in [-0.2, -0.15) is 0 Å². The van der Waals surface area contributed by atoms with E-state index >= 15 is 0 Å². The van der Waals surface area contributed by atoms with Crippen LogP contribution in [0.15, 0.2) is 0 Å². The molecule has 0 spiro atoms. The summed E-state index contributed by atoms with van der Waals surface area (Å²) in [6.45, 7) is 0.156. The molecule has 0 aliphatic carbocycles. The molecule has 37 heavy (non-hydrogen) atoms. The van der Waals surface area contributed by atoms with Gasteiger partial charge in [0.1, 0.15) is 0 Å². The summed E-state index contributed by atoms with van der Waals surface area (Å²) in [5.41, 5.74) is 0. The molecule has 0 aromatic heterocycles. The number of unbranched alkanes of at least 4 members (excludes halogenated alkanes) is 25. The minimum absolute atomic E-state index is 0.0458. The van der Waals surface area contributed by atoms with Crippen LogP contribution in [-0.4, -0.2) is 32.3 Å². The summed E-state index contributed by atoms with van der Waals surface area (Å²) in [6.07, 6.45) is 32.4. The van der Waals surface area contributed by atoms with E-state index < -0.39 is 15.4 Å². The molecular weight excluding hydrogens is 510 g/mol. The van der Waals surface area contributed by atoms with E-state index in [1.165, 1.54) is 128 Å². The first kappa shape index (κ1) is 37.3. The molecule has 0 radical (unpaired) electrons. The fourth-order valence-electron chi connectivity index (χ4n) is 4.85. The Labute approximate surface area is 228 Å². The van der Waals surface area contributed by atoms with Crippen molar-refractivity contribution < 1.29 is 33.2 Å². The third kappa shape index (κ3) is 36.3. The lowest BCUT2D eigenvalue weighted by atomic mass is 10.0. The molecule has 7 nitrogen and oxygen atoms in total. The second-order valence-electron chi connectivity index (χ2n) is 10.9.